The first-order valence-electron chi connectivity index (χ1n) is 6.06. The first-order valence-corrected chi connectivity index (χ1v) is 6.06. The van der Waals surface area contributed by atoms with Crippen molar-refractivity contribution in [3.05, 3.63) is 66.2 Å². The van der Waals surface area contributed by atoms with E-state index in [1.54, 1.807) is 12.1 Å². The molecule has 96 valence electrons. The molecule has 0 aromatic heterocycles. The largest absolute Gasteiger partial charge is 0.508 e. The Morgan fingerprint density at radius 1 is 1.05 bits per heavy atom. The molecule has 3 nitrogen and oxygen atoms in total. The molecule has 0 heterocycles. The molecular weight excluding hydrogens is 236 g/mol. The second-order valence-corrected chi connectivity index (χ2v) is 4.16. The monoisotopic (exact) mass is 252 g/mol. The molecule has 0 radical (unpaired) electrons. The summed E-state index contributed by atoms with van der Waals surface area (Å²) in [6.07, 6.45) is 3.87. The van der Waals surface area contributed by atoms with Crippen LogP contribution in [0.5, 0.6) is 5.75 Å². The van der Waals surface area contributed by atoms with Crippen LogP contribution in [0.2, 0.25) is 0 Å². The van der Waals surface area contributed by atoms with Gasteiger partial charge in [-0.1, -0.05) is 36.4 Å². The zero-order chi connectivity index (χ0) is 13.5. The van der Waals surface area contributed by atoms with E-state index < -0.39 is 0 Å². The molecule has 0 amide bonds. The SMILES string of the molecule is CC(/C=C/c1ccc(O)cc1)=N/Nc1ccccc1. The number of phenols is 1. The van der Waals surface area contributed by atoms with Gasteiger partial charge in [0.05, 0.1) is 11.4 Å². The Bertz CT molecular complexity index is 571. The third kappa shape index (κ3) is 4.32. The van der Waals surface area contributed by atoms with Crippen LogP contribution in [0.15, 0.2) is 65.8 Å². The van der Waals surface area contributed by atoms with Gasteiger partial charge in [0.2, 0.25) is 0 Å². The molecule has 0 aliphatic rings. The van der Waals surface area contributed by atoms with E-state index in [9.17, 15) is 5.11 Å². The number of hydrogen-bond acceptors (Lipinski definition) is 3. The number of nitrogens with zero attached hydrogens (tertiary/aromatic N) is 1. The van der Waals surface area contributed by atoms with Crippen molar-refractivity contribution in [3.63, 3.8) is 0 Å². The molecule has 0 spiro atoms. The topological polar surface area (TPSA) is 44.6 Å². The smallest absolute Gasteiger partial charge is 0.115 e. The van der Waals surface area contributed by atoms with Crippen LogP contribution in [0.25, 0.3) is 6.08 Å². The number of aromatic hydroxyl groups is 1. The van der Waals surface area contributed by atoms with E-state index in [2.05, 4.69) is 10.5 Å². The summed E-state index contributed by atoms with van der Waals surface area (Å²) in [6.45, 7) is 1.92. The van der Waals surface area contributed by atoms with Gasteiger partial charge >= 0.3 is 0 Å². The van der Waals surface area contributed by atoms with Gasteiger partial charge in [-0.05, 0) is 42.8 Å². The Morgan fingerprint density at radius 3 is 2.42 bits per heavy atom. The number of hydrazone groups is 1. The third-order valence-corrected chi connectivity index (χ3v) is 2.55. The first kappa shape index (κ1) is 12.9. The van der Waals surface area contributed by atoms with Crippen molar-refractivity contribution in [1.82, 2.24) is 0 Å². The zero-order valence-electron chi connectivity index (χ0n) is 10.7. The van der Waals surface area contributed by atoms with Crippen LogP contribution in [-0.4, -0.2) is 10.8 Å². The molecule has 0 atom stereocenters. The molecule has 2 aromatic rings. The quantitative estimate of drug-likeness (QED) is 0.640. The molecule has 2 N–H and O–H groups in total. The van der Waals surface area contributed by atoms with Crippen LogP contribution < -0.4 is 5.43 Å². The minimum Gasteiger partial charge on any atom is -0.508 e. The molecule has 0 aliphatic carbocycles. The molecule has 2 rings (SSSR count). The van der Waals surface area contributed by atoms with E-state index in [1.807, 2.05) is 61.5 Å². The Kier molecular flexibility index (Phi) is 4.34. The van der Waals surface area contributed by atoms with Gasteiger partial charge in [0.1, 0.15) is 5.75 Å². The van der Waals surface area contributed by atoms with E-state index in [0.717, 1.165) is 17.0 Å². The van der Waals surface area contributed by atoms with Crippen molar-refractivity contribution >= 4 is 17.5 Å². The standard InChI is InChI=1S/C16H16N2O/c1-13(17-18-15-5-3-2-4-6-15)7-8-14-9-11-16(19)12-10-14/h2-12,18-19H,1H3/b8-7+,17-13-. The lowest BCUT2D eigenvalue weighted by atomic mass is 10.2. The molecule has 0 unspecified atom stereocenters. The van der Waals surface area contributed by atoms with Gasteiger partial charge in [-0.15, -0.1) is 0 Å². The van der Waals surface area contributed by atoms with E-state index in [4.69, 9.17) is 0 Å². The first-order chi connectivity index (χ1) is 9.24. The number of benzene rings is 2. The minimum absolute atomic E-state index is 0.272. The highest BCUT2D eigenvalue weighted by atomic mass is 16.3. The number of para-hydroxylation sites is 1. The summed E-state index contributed by atoms with van der Waals surface area (Å²) in [6, 6.07) is 16.8. The fourth-order valence-corrected chi connectivity index (χ4v) is 1.50. The molecule has 19 heavy (non-hydrogen) atoms. The van der Waals surface area contributed by atoms with Crippen molar-refractivity contribution in [2.24, 2.45) is 5.10 Å². The molecule has 0 saturated heterocycles. The van der Waals surface area contributed by atoms with Gasteiger partial charge in [-0.25, -0.2) is 0 Å². The maximum Gasteiger partial charge on any atom is 0.115 e. The van der Waals surface area contributed by atoms with Gasteiger partial charge in [-0.2, -0.15) is 5.10 Å². The highest BCUT2D eigenvalue weighted by Crippen LogP contribution is 2.11. The van der Waals surface area contributed by atoms with E-state index in [0.29, 0.717) is 0 Å². The Hall–Kier alpha value is -2.55. The van der Waals surface area contributed by atoms with Gasteiger partial charge in [-0.3, -0.25) is 5.43 Å². The van der Waals surface area contributed by atoms with Gasteiger partial charge < -0.3 is 5.11 Å². The van der Waals surface area contributed by atoms with E-state index in [-0.39, 0.29) is 5.75 Å². The lowest BCUT2D eigenvalue weighted by Crippen LogP contribution is -1.93. The average molecular weight is 252 g/mol. The second kappa shape index (κ2) is 6.40. The molecule has 0 bridgehead atoms. The van der Waals surface area contributed by atoms with Crippen LogP contribution in [0.1, 0.15) is 12.5 Å². The molecule has 0 aliphatic heterocycles. The predicted octanol–water partition coefficient (Wildman–Crippen LogP) is 3.89. The fraction of sp³-hybridized carbons (Fsp3) is 0.0625. The number of nitrogens with one attached hydrogen (secondary N) is 1. The van der Waals surface area contributed by atoms with Crippen molar-refractivity contribution < 1.29 is 5.11 Å². The Balaban J connectivity index is 1.96. The summed E-state index contributed by atoms with van der Waals surface area (Å²) in [5.41, 5.74) is 5.84. The lowest BCUT2D eigenvalue weighted by Gasteiger charge is -2.00. The summed E-state index contributed by atoms with van der Waals surface area (Å²) in [5.74, 6) is 0.272. The van der Waals surface area contributed by atoms with Crippen molar-refractivity contribution in [3.8, 4) is 5.75 Å². The van der Waals surface area contributed by atoms with Gasteiger partial charge in [0, 0.05) is 0 Å². The molecule has 0 fully saturated rings. The van der Waals surface area contributed by atoms with Crippen LogP contribution in [0.3, 0.4) is 0 Å². The van der Waals surface area contributed by atoms with E-state index in [1.165, 1.54) is 0 Å². The summed E-state index contributed by atoms with van der Waals surface area (Å²) in [7, 11) is 0. The fourth-order valence-electron chi connectivity index (χ4n) is 1.50. The number of allylic oxidation sites excluding steroid dienone is 1. The number of anilines is 1. The molecule has 2 aromatic carbocycles. The predicted molar refractivity (Wildman–Crippen MR) is 80.3 cm³/mol. The van der Waals surface area contributed by atoms with Crippen molar-refractivity contribution in [2.45, 2.75) is 6.92 Å². The Morgan fingerprint density at radius 2 is 1.74 bits per heavy atom. The number of phenolic OH excluding ortho intramolecular Hbond substituents is 1. The zero-order valence-corrected chi connectivity index (χ0v) is 10.7. The summed E-state index contributed by atoms with van der Waals surface area (Å²) in [5, 5.41) is 13.4. The summed E-state index contributed by atoms with van der Waals surface area (Å²) >= 11 is 0. The molecular formula is C16H16N2O. The van der Waals surface area contributed by atoms with Crippen LogP contribution in [0.4, 0.5) is 5.69 Å². The van der Waals surface area contributed by atoms with Crippen LogP contribution in [-0.2, 0) is 0 Å². The minimum atomic E-state index is 0.272. The third-order valence-electron chi connectivity index (χ3n) is 2.55. The normalized spacial score (nSPS) is 11.7. The average Bonchev–Trinajstić information content (AvgIpc) is 2.45. The van der Waals surface area contributed by atoms with Crippen LogP contribution >= 0.6 is 0 Å². The lowest BCUT2D eigenvalue weighted by molar-refractivity contribution is 0.475. The second-order valence-electron chi connectivity index (χ2n) is 4.16. The highest BCUT2D eigenvalue weighted by Gasteiger charge is 1.90. The number of hydrogen-bond donors (Lipinski definition) is 2. The summed E-state index contributed by atoms with van der Waals surface area (Å²) in [4.78, 5) is 0. The molecule has 3 heteroatoms. The number of rotatable bonds is 4. The van der Waals surface area contributed by atoms with Gasteiger partial charge in [0.25, 0.3) is 0 Å². The molecule has 0 saturated carbocycles. The van der Waals surface area contributed by atoms with Crippen LogP contribution in [0, 0.1) is 0 Å². The maximum absolute atomic E-state index is 9.19. The van der Waals surface area contributed by atoms with Gasteiger partial charge in [0.15, 0.2) is 0 Å². The van der Waals surface area contributed by atoms with Crippen molar-refractivity contribution in [2.75, 3.05) is 5.43 Å². The van der Waals surface area contributed by atoms with Crippen molar-refractivity contribution in [1.29, 1.82) is 0 Å². The van der Waals surface area contributed by atoms with E-state index >= 15 is 0 Å². The Labute approximate surface area is 112 Å². The summed E-state index contributed by atoms with van der Waals surface area (Å²) < 4.78 is 0. The highest BCUT2D eigenvalue weighted by molar-refractivity contribution is 5.96. The maximum atomic E-state index is 9.19.